The second-order valence-corrected chi connectivity index (χ2v) is 8.03. The largest absolute Gasteiger partial charge is 0.480 e. The number of aliphatic carboxylic acids is 1. The van der Waals surface area contributed by atoms with E-state index in [0.717, 1.165) is 0 Å². The summed E-state index contributed by atoms with van der Waals surface area (Å²) in [7, 11) is 0. The number of nitrogens with zero attached hydrogens (tertiary/aromatic N) is 5. The van der Waals surface area contributed by atoms with Crippen molar-refractivity contribution in [1.29, 1.82) is 5.26 Å². The van der Waals surface area contributed by atoms with Gasteiger partial charge in [0.05, 0.1) is 40.6 Å². The number of nitriles is 1. The van der Waals surface area contributed by atoms with Crippen LogP contribution in [0.1, 0.15) is 12.5 Å². The zero-order valence-electron chi connectivity index (χ0n) is 18.3. The van der Waals surface area contributed by atoms with Crippen LogP contribution in [0.2, 0.25) is 10.0 Å². The summed E-state index contributed by atoms with van der Waals surface area (Å²) in [5.41, 5.74) is 1.33. The highest BCUT2D eigenvalue weighted by Gasteiger charge is 2.35. The van der Waals surface area contributed by atoms with Gasteiger partial charge in [-0.2, -0.15) is 19.1 Å². The average Bonchev–Trinajstić information content (AvgIpc) is 3.24. The van der Waals surface area contributed by atoms with Gasteiger partial charge in [-0.3, -0.25) is 15.0 Å². The molecule has 0 amide bonds. The molecule has 0 bridgehead atoms. The third-order valence-corrected chi connectivity index (χ3v) is 5.72. The Kier molecular flexibility index (Phi) is 8.81. The topological polar surface area (TPSA) is 114 Å². The quantitative estimate of drug-likeness (QED) is 0.231. The van der Waals surface area contributed by atoms with Crippen molar-refractivity contribution in [3.05, 3.63) is 58.1 Å². The van der Waals surface area contributed by atoms with Crippen LogP contribution in [0.5, 0.6) is 5.75 Å². The van der Waals surface area contributed by atoms with E-state index < -0.39 is 18.6 Å². The third-order valence-electron chi connectivity index (χ3n) is 4.98. The molecule has 0 aliphatic carbocycles. The molecule has 0 saturated heterocycles. The molecule has 3 rings (SSSR count). The third kappa shape index (κ3) is 6.79. The van der Waals surface area contributed by atoms with E-state index >= 15 is 0 Å². The number of rotatable bonds is 8. The van der Waals surface area contributed by atoms with Gasteiger partial charge < -0.3 is 9.84 Å². The van der Waals surface area contributed by atoms with Crippen molar-refractivity contribution in [3.63, 3.8) is 0 Å². The fraction of sp³-hybridized carbons (Fsp3) is 0.273. The summed E-state index contributed by atoms with van der Waals surface area (Å²) < 4.78 is 29.6. The number of carbonyl (C=O) groups is 1. The molecule has 0 fully saturated rings. The summed E-state index contributed by atoms with van der Waals surface area (Å²) >= 11 is 12.2. The van der Waals surface area contributed by atoms with E-state index in [1.807, 2.05) is 6.92 Å². The molecular weight excluding hydrogens is 505 g/mol. The van der Waals surface area contributed by atoms with Crippen molar-refractivity contribution >= 4 is 46.5 Å². The van der Waals surface area contributed by atoms with Gasteiger partial charge in [-0.25, -0.2) is 10.0 Å². The highest BCUT2D eigenvalue weighted by Crippen LogP contribution is 2.27. The lowest BCUT2D eigenvalue weighted by molar-refractivity contribution is -0.138. The number of hydrazone groups is 1. The van der Waals surface area contributed by atoms with Gasteiger partial charge in [0.15, 0.2) is 6.19 Å². The molecule has 0 saturated carbocycles. The van der Waals surface area contributed by atoms with Crippen LogP contribution in [0, 0.1) is 11.5 Å². The summed E-state index contributed by atoms with van der Waals surface area (Å²) in [6.07, 6.45) is 1.78. The number of hydrogen-bond acceptors (Lipinski definition) is 6. The minimum Gasteiger partial charge on any atom is -0.480 e. The van der Waals surface area contributed by atoms with Gasteiger partial charge in [0.1, 0.15) is 5.75 Å². The van der Waals surface area contributed by atoms with E-state index in [1.165, 1.54) is 29.3 Å². The minimum absolute atomic E-state index is 0.00753. The number of likely N-dealkylation sites (N-methyl/N-ethyl adjacent to an activating group) is 1. The molecule has 2 aromatic rings. The Morgan fingerprint density at radius 3 is 2.77 bits per heavy atom. The molecule has 184 valence electrons. The molecule has 2 aromatic carbocycles. The fourth-order valence-corrected chi connectivity index (χ4v) is 3.78. The van der Waals surface area contributed by atoms with Crippen molar-refractivity contribution in [1.82, 2.24) is 15.2 Å². The lowest BCUT2D eigenvalue weighted by atomic mass is 10.0. The lowest BCUT2D eigenvalue weighted by Gasteiger charge is -2.27. The molecule has 1 aliphatic heterocycles. The van der Waals surface area contributed by atoms with Crippen molar-refractivity contribution in [3.8, 4) is 11.9 Å². The number of hydrogen-bond donors (Lipinski definition) is 2. The molecule has 0 unspecified atom stereocenters. The van der Waals surface area contributed by atoms with Crippen molar-refractivity contribution in [2.75, 3.05) is 19.6 Å². The van der Waals surface area contributed by atoms with Crippen LogP contribution in [0.15, 0.2) is 52.6 Å². The van der Waals surface area contributed by atoms with Crippen molar-refractivity contribution in [2.24, 2.45) is 10.1 Å². The molecule has 13 heteroatoms. The molecule has 2 N–H and O–H groups in total. The van der Waals surface area contributed by atoms with E-state index in [9.17, 15) is 23.9 Å². The van der Waals surface area contributed by atoms with Crippen molar-refractivity contribution in [2.45, 2.75) is 19.6 Å². The minimum atomic E-state index is -3.00. The Labute approximate surface area is 209 Å². The van der Waals surface area contributed by atoms with Gasteiger partial charge in [-0.1, -0.05) is 42.3 Å². The van der Waals surface area contributed by atoms with Crippen LogP contribution < -0.4 is 10.1 Å². The molecule has 0 aromatic heterocycles. The van der Waals surface area contributed by atoms with Crippen LogP contribution in [-0.4, -0.2) is 64.9 Å². The van der Waals surface area contributed by atoms with Crippen LogP contribution in [0.4, 0.5) is 14.5 Å². The van der Waals surface area contributed by atoms with Crippen LogP contribution >= 0.6 is 23.2 Å². The Bertz CT molecular complexity index is 1190. The highest BCUT2D eigenvalue weighted by molar-refractivity contribution is 6.42. The number of halogens is 4. The smallest absolute Gasteiger partial charge is 0.387 e. The fourth-order valence-electron chi connectivity index (χ4n) is 3.48. The molecule has 1 aliphatic rings. The Balaban J connectivity index is 2.03. The number of guanidine groups is 1. The number of carboxylic acids is 1. The summed E-state index contributed by atoms with van der Waals surface area (Å²) in [5, 5.41) is 27.7. The first-order valence-electron chi connectivity index (χ1n) is 10.3. The molecule has 1 heterocycles. The first-order chi connectivity index (χ1) is 16.7. The molecule has 0 spiro atoms. The molecule has 9 nitrogen and oxygen atoms in total. The number of nitrogens with one attached hydrogen (secondary N) is 1. The van der Waals surface area contributed by atoms with Gasteiger partial charge in [-0.15, -0.1) is 0 Å². The summed E-state index contributed by atoms with van der Waals surface area (Å²) in [6.45, 7) is -0.888. The standard InChI is InChI=1S/C22H20Cl2F2N6O3/c1-2-31(11-19(33)34)18-10-32(30-20(18)13-6-7-16(23)17(24)8-13)22(28-12-27)29-14-4-3-5-15(9-14)35-21(25)26/h3-9,18,21H,2,10-11H2,1H3,(H,28,29)(H,33,34)/t18-/m0/s1. The van der Waals surface area contributed by atoms with Crippen LogP contribution in [0.25, 0.3) is 0 Å². The average molecular weight is 525 g/mol. The van der Waals surface area contributed by atoms with E-state index in [4.69, 9.17) is 23.2 Å². The number of carboxylic acid groups (broad SMARTS) is 1. The number of alkyl halides is 2. The maximum atomic E-state index is 12.6. The number of aliphatic imine (C=N–C) groups is 1. The maximum Gasteiger partial charge on any atom is 0.387 e. The first kappa shape index (κ1) is 26.2. The number of ether oxygens (including phenoxy) is 1. The monoisotopic (exact) mass is 524 g/mol. The molecule has 35 heavy (non-hydrogen) atoms. The number of benzene rings is 2. The Morgan fingerprint density at radius 1 is 1.37 bits per heavy atom. The van der Waals surface area contributed by atoms with Gasteiger partial charge in [0, 0.05) is 11.6 Å². The van der Waals surface area contributed by atoms with Crippen molar-refractivity contribution < 1.29 is 23.4 Å². The molecular formula is C22H20Cl2F2N6O3. The summed E-state index contributed by atoms with van der Waals surface area (Å²) in [4.78, 5) is 17.5. The molecule has 1 atom stereocenters. The lowest BCUT2D eigenvalue weighted by Crippen LogP contribution is -2.47. The SMILES string of the molecule is CCN(CC(=O)O)[C@H]1CN(C(=Nc2cccc(OC(F)F)c2)NC#N)N=C1c1ccc(Cl)c(Cl)c1. The second kappa shape index (κ2) is 11.8. The summed E-state index contributed by atoms with van der Waals surface area (Å²) in [6, 6.07) is 10.1. The van der Waals surface area contributed by atoms with E-state index in [1.54, 1.807) is 29.3 Å². The highest BCUT2D eigenvalue weighted by atomic mass is 35.5. The predicted molar refractivity (Wildman–Crippen MR) is 127 cm³/mol. The van der Waals surface area contributed by atoms with Gasteiger partial charge in [-0.05, 0) is 30.8 Å². The maximum absolute atomic E-state index is 12.6. The van der Waals surface area contributed by atoms with E-state index in [0.29, 0.717) is 27.9 Å². The zero-order valence-corrected chi connectivity index (χ0v) is 19.8. The van der Waals surface area contributed by atoms with Crippen LogP contribution in [-0.2, 0) is 4.79 Å². The van der Waals surface area contributed by atoms with Gasteiger partial charge >= 0.3 is 12.6 Å². The predicted octanol–water partition coefficient (Wildman–Crippen LogP) is 4.15. The van der Waals surface area contributed by atoms with E-state index in [-0.39, 0.29) is 30.5 Å². The second-order valence-electron chi connectivity index (χ2n) is 7.22. The first-order valence-corrected chi connectivity index (χ1v) is 11.0. The van der Waals surface area contributed by atoms with Gasteiger partial charge in [0.25, 0.3) is 0 Å². The normalized spacial score (nSPS) is 15.8. The van der Waals surface area contributed by atoms with Gasteiger partial charge in [0.2, 0.25) is 5.96 Å². The summed E-state index contributed by atoms with van der Waals surface area (Å²) in [5.74, 6) is -1.11. The Hall–Kier alpha value is -3.46. The van der Waals surface area contributed by atoms with Crippen LogP contribution in [0.3, 0.4) is 0 Å². The molecule has 0 radical (unpaired) electrons. The Morgan fingerprint density at radius 2 is 2.14 bits per heavy atom. The zero-order chi connectivity index (χ0) is 25.5. The van der Waals surface area contributed by atoms with E-state index in [2.05, 4.69) is 20.1 Å².